The monoisotopic (exact) mass is 263 g/mol. The maximum Gasteiger partial charge on any atom is 0.308 e. The van der Waals surface area contributed by atoms with Crippen molar-refractivity contribution in [2.45, 2.75) is 44.3 Å². The Morgan fingerprint density at radius 1 is 1.37 bits per heavy atom. The van der Waals surface area contributed by atoms with Crippen LogP contribution in [0.15, 0.2) is 18.5 Å². The maximum absolute atomic E-state index is 12.3. The van der Waals surface area contributed by atoms with E-state index in [0.717, 1.165) is 12.8 Å². The Balaban J connectivity index is 1.63. The third-order valence-electron chi connectivity index (χ3n) is 4.26. The Kier molecular flexibility index (Phi) is 3.00. The van der Waals surface area contributed by atoms with Crippen molar-refractivity contribution in [3.05, 3.63) is 18.5 Å². The highest BCUT2D eigenvalue weighted by Crippen LogP contribution is 2.42. The number of hydrogen-bond donors (Lipinski definition) is 1. The van der Waals surface area contributed by atoms with Crippen LogP contribution in [-0.4, -0.2) is 43.7 Å². The summed E-state index contributed by atoms with van der Waals surface area (Å²) in [5.41, 5.74) is 0. The van der Waals surface area contributed by atoms with E-state index in [-0.39, 0.29) is 23.9 Å². The number of aryl methyl sites for hydroxylation is 1. The number of aromatic nitrogens is 2. The summed E-state index contributed by atoms with van der Waals surface area (Å²) in [7, 11) is 0. The minimum absolute atomic E-state index is 0.0618. The molecule has 6 nitrogen and oxygen atoms in total. The van der Waals surface area contributed by atoms with Gasteiger partial charge in [0, 0.05) is 37.4 Å². The molecule has 19 heavy (non-hydrogen) atoms. The van der Waals surface area contributed by atoms with Gasteiger partial charge in [-0.3, -0.25) is 14.3 Å². The van der Waals surface area contributed by atoms with Crippen molar-refractivity contribution in [2.24, 2.45) is 5.92 Å². The molecule has 0 radical (unpaired) electrons. The summed E-state index contributed by atoms with van der Waals surface area (Å²) >= 11 is 0. The van der Waals surface area contributed by atoms with Crippen molar-refractivity contribution < 1.29 is 14.7 Å². The van der Waals surface area contributed by atoms with Gasteiger partial charge in [0.15, 0.2) is 0 Å². The van der Waals surface area contributed by atoms with Gasteiger partial charge in [0.2, 0.25) is 5.91 Å². The first-order valence-electron chi connectivity index (χ1n) is 6.68. The van der Waals surface area contributed by atoms with E-state index in [1.54, 1.807) is 10.9 Å². The molecule has 3 atom stereocenters. The first kappa shape index (κ1) is 12.2. The Morgan fingerprint density at radius 3 is 2.84 bits per heavy atom. The molecule has 0 aromatic carbocycles. The number of fused-ring (bicyclic) bond motifs is 2. The van der Waals surface area contributed by atoms with Crippen molar-refractivity contribution in [1.29, 1.82) is 0 Å². The normalized spacial score (nSPS) is 28.8. The molecule has 2 fully saturated rings. The highest BCUT2D eigenvalue weighted by molar-refractivity contribution is 5.80. The average molecular weight is 263 g/mol. The lowest BCUT2D eigenvalue weighted by molar-refractivity contribution is -0.143. The molecule has 3 rings (SSSR count). The number of amides is 1. The largest absolute Gasteiger partial charge is 0.481 e. The summed E-state index contributed by atoms with van der Waals surface area (Å²) in [6.07, 6.45) is 6.29. The predicted octanol–water partition coefficient (Wildman–Crippen LogP) is 0.737. The first-order chi connectivity index (χ1) is 9.16. The highest BCUT2D eigenvalue weighted by atomic mass is 16.4. The van der Waals surface area contributed by atoms with Gasteiger partial charge < -0.3 is 10.0 Å². The lowest BCUT2D eigenvalue weighted by Crippen LogP contribution is -2.38. The zero-order chi connectivity index (χ0) is 13.4. The lowest BCUT2D eigenvalue weighted by Gasteiger charge is -2.23. The standard InChI is InChI=1S/C13H17N3O3/c17-12(4-7-15-6-1-5-14-15)16-9-2-3-11(16)10(8-9)13(18)19/h1,5-6,9-11H,2-4,7-8H2,(H,18,19). The molecule has 0 spiro atoms. The molecule has 3 unspecified atom stereocenters. The van der Waals surface area contributed by atoms with E-state index in [1.807, 2.05) is 17.2 Å². The van der Waals surface area contributed by atoms with E-state index in [9.17, 15) is 9.59 Å². The summed E-state index contributed by atoms with van der Waals surface area (Å²) in [5.74, 6) is -1.07. The van der Waals surface area contributed by atoms with Crippen molar-refractivity contribution in [3.8, 4) is 0 Å². The molecule has 2 bridgehead atoms. The van der Waals surface area contributed by atoms with E-state index in [1.165, 1.54) is 0 Å². The van der Waals surface area contributed by atoms with Crippen molar-refractivity contribution >= 4 is 11.9 Å². The van der Waals surface area contributed by atoms with Crippen molar-refractivity contribution in [3.63, 3.8) is 0 Å². The smallest absolute Gasteiger partial charge is 0.308 e. The number of aliphatic carboxylic acids is 1. The van der Waals surface area contributed by atoms with Gasteiger partial charge in [-0.15, -0.1) is 0 Å². The molecule has 102 valence electrons. The molecule has 3 heterocycles. The Labute approximate surface area is 111 Å². The molecular formula is C13H17N3O3. The van der Waals surface area contributed by atoms with Crippen LogP contribution in [0.1, 0.15) is 25.7 Å². The van der Waals surface area contributed by atoms with Crippen LogP contribution in [0.25, 0.3) is 0 Å². The van der Waals surface area contributed by atoms with Gasteiger partial charge in [-0.2, -0.15) is 5.10 Å². The Hall–Kier alpha value is -1.85. The zero-order valence-electron chi connectivity index (χ0n) is 10.6. The van der Waals surface area contributed by atoms with Gasteiger partial charge in [0.05, 0.1) is 5.92 Å². The van der Waals surface area contributed by atoms with Gasteiger partial charge >= 0.3 is 5.97 Å². The molecular weight excluding hydrogens is 246 g/mol. The summed E-state index contributed by atoms with van der Waals surface area (Å²) in [6.45, 7) is 0.555. The van der Waals surface area contributed by atoms with Crippen LogP contribution in [0.3, 0.4) is 0 Å². The quantitative estimate of drug-likeness (QED) is 0.869. The summed E-state index contributed by atoms with van der Waals surface area (Å²) in [4.78, 5) is 25.2. The lowest BCUT2D eigenvalue weighted by atomic mass is 9.89. The van der Waals surface area contributed by atoms with Crippen LogP contribution >= 0.6 is 0 Å². The predicted molar refractivity (Wildman–Crippen MR) is 66.2 cm³/mol. The second kappa shape index (κ2) is 4.68. The zero-order valence-corrected chi connectivity index (χ0v) is 10.6. The third-order valence-corrected chi connectivity index (χ3v) is 4.26. The van der Waals surface area contributed by atoms with Crippen LogP contribution in [-0.2, 0) is 16.1 Å². The third kappa shape index (κ3) is 2.11. The van der Waals surface area contributed by atoms with Crippen molar-refractivity contribution in [1.82, 2.24) is 14.7 Å². The number of hydrogen-bond acceptors (Lipinski definition) is 3. The molecule has 2 aliphatic rings. The number of nitrogens with zero attached hydrogens (tertiary/aromatic N) is 3. The van der Waals surface area contributed by atoms with Gasteiger partial charge in [-0.05, 0) is 25.3 Å². The fourth-order valence-electron chi connectivity index (χ4n) is 3.41. The first-order valence-corrected chi connectivity index (χ1v) is 6.68. The molecule has 1 N–H and O–H groups in total. The van der Waals surface area contributed by atoms with E-state index < -0.39 is 5.97 Å². The van der Waals surface area contributed by atoms with E-state index >= 15 is 0 Å². The average Bonchev–Trinajstić information content (AvgIpc) is 3.11. The van der Waals surface area contributed by atoms with Gasteiger partial charge in [0.1, 0.15) is 0 Å². The van der Waals surface area contributed by atoms with Gasteiger partial charge in [0.25, 0.3) is 0 Å². The molecule has 0 aliphatic carbocycles. The van der Waals surface area contributed by atoms with Gasteiger partial charge in [-0.25, -0.2) is 0 Å². The maximum atomic E-state index is 12.3. The second-order valence-electron chi connectivity index (χ2n) is 5.30. The molecule has 1 amide bonds. The number of carboxylic acids is 1. The summed E-state index contributed by atoms with van der Waals surface area (Å²) < 4.78 is 1.73. The topological polar surface area (TPSA) is 75.4 Å². The van der Waals surface area contributed by atoms with Crippen LogP contribution < -0.4 is 0 Å². The molecule has 6 heteroatoms. The minimum Gasteiger partial charge on any atom is -0.481 e. The molecule has 2 saturated heterocycles. The molecule has 1 aromatic heterocycles. The van der Waals surface area contributed by atoms with Crippen LogP contribution in [0, 0.1) is 5.92 Å². The number of carbonyl (C=O) groups is 2. The number of carboxylic acid groups (broad SMARTS) is 1. The Morgan fingerprint density at radius 2 is 2.21 bits per heavy atom. The highest BCUT2D eigenvalue weighted by Gasteiger charge is 2.50. The fourth-order valence-corrected chi connectivity index (χ4v) is 3.41. The van der Waals surface area contributed by atoms with Crippen LogP contribution in [0.4, 0.5) is 0 Å². The Bertz CT molecular complexity index is 485. The molecule has 0 saturated carbocycles. The summed E-state index contributed by atoms with van der Waals surface area (Å²) in [5, 5.41) is 13.2. The second-order valence-corrected chi connectivity index (χ2v) is 5.30. The summed E-state index contributed by atoms with van der Waals surface area (Å²) in [6, 6.07) is 1.87. The SMILES string of the molecule is O=C(O)C1CC2CCC1N2C(=O)CCn1cccn1. The van der Waals surface area contributed by atoms with E-state index in [4.69, 9.17) is 5.11 Å². The van der Waals surface area contributed by atoms with Crippen LogP contribution in [0.5, 0.6) is 0 Å². The van der Waals surface area contributed by atoms with E-state index in [2.05, 4.69) is 5.10 Å². The van der Waals surface area contributed by atoms with Gasteiger partial charge in [-0.1, -0.05) is 0 Å². The van der Waals surface area contributed by atoms with Crippen molar-refractivity contribution in [2.75, 3.05) is 0 Å². The van der Waals surface area contributed by atoms with E-state index in [0.29, 0.717) is 19.4 Å². The minimum atomic E-state index is -0.767. The molecule has 2 aliphatic heterocycles. The fraction of sp³-hybridized carbons (Fsp3) is 0.615. The number of carbonyl (C=O) groups excluding carboxylic acids is 1. The molecule has 1 aromatic rings. The van der Waals surface area contributed by atoms with Crippen LogP contribution in [0.2, 0.25) is 0 Å². The number of rotatable bonds is 4.